The van der Waals surface area contributed by atoms with Crippen molar-refractivity contribution in [1.82, 2.24) is 20.3 Å². The van der Waals surface area contributed by atoms with Gasteiger partial charge in [-0.05, 0) is 12.5 Å². The molecule has 0 radical (unpaired) electrons. The van der Waals surface area contributed by atoms with Gasteiger partial charge in [-0.25, -0.2) is 9.78 Å². The van der Waals surface area contributed by atoms with Crippen LogP contribution in [-0.4, -0.2) is 50.7 Å². The van der Waals surface area contributed by atoms with Gasteiger partial charge in [0.1, 0.15) is 12.3 Å². The van der Waals surface area contributed by atoms with Crippen LogP contribution in [0.1, 0.15) is 12.8 Å². The minimum absolute atomic E-state index is 0.157. The lowest BCUT2D eigenvalue weighted by Gasteiger charge is -2.28. The number of hydrogen-bond donors (Lipinski definition) is 2. The Labute approximate surface area is 114 Å². The zero-order valence-electron chi connectivity index (χ0n) is 10.8. The zero-order chi connectivity index (χ0) is 14.3. The van der Waals surface area contributed by atoms with Gasteiger partial charge in [0, 0.05) is 0 Å². The van der Waals surface area contributed by atoms with Crippen molar-refractivity contribution in [1.29, 1.82) is 0 Å². The molecular weight excluding hydrogens is 264 g/mol. The molecular formula is C12H14N4O4. The molecule has 0 aliphatic carbocycles. The highest BCUT2D eigenvalue weighted by atomic mass is 16.5. The van der Waals surface area contributed by atoms with E-state index in [2.05, 4.69) is 10.3 Å². The number of fused-ring (bicyclic) bond motifs is 2. The van der Waals surface area contributed by atoms with Crippen molar-refractivity contribution in [3.63, 3.8) is 0 Å². The maximum atomic E-state index is 12.2. The zero-order valence-corrected chi connectivity index (χ0v) is 10.8. The van der Waals surface area contributed by atoms with Crippen molar-refractivity contribution in [2.75, 3.05) is 6.54 Å². The van der Waals surface area contributed by atoms with E-state index in [0.717, 1.165) is 5.57 Å². The minimum atomic E-state index is -0.703. The van der Waals surface area contributed by atoms with Gasteiger partial charge in [-0.15, -0.1) is 0 Å². The Kier molecular flexibility index (Phi) is 2.94. The van der Waals surface area contributed by atoms with E-state index in [-0.39, 0.29) is 18.5 Å². The van der Waals surface area contributed by atoms with Crippen LogP contribution in [-0.2, 0) is 11.3 Å². The summed E-state index contributed by atoms with van der Waals surface area (Å²) in [5.41, 5.74) is 0.732. The lowest BCUT2D eigenvalue weighted by atomic mass is 10.00. The van der Waals surface area contributed by atoms with E-state index in [1.807, 2.05) is 0 Å². The first-order valence-electron chi connectivity index (χ1n) is 6.21. The Bertz CT molecular complexity index is 568. The molecule has 0 saturated carbocycles. The lowest BCUT2D eigenvalue weighted by molar-refractivity contribution is -0.124. The molecule has 3 rings (SSSR count). The monoisotopic (exact) mass is 278 g/mol. The summed E-state index contributed by atoms with van der Waals surface area (Å²) in [6.45, 7) is 2.23. The van der Waals surface area contributed by atoms with Gasteiger partial charge < -0.3 is 14.6 Å². The van der Waals surface area contributed by atoms with Crippen molar-refractivity contribution in [2.24, 2.45) is 0 Å². The molecule has 0 spiro atoms. The van der Waals surface area contributed by atoms with Gasteiger partial charge in [0.05, 0.1) is 25.3 Å². The molecule has 106 valence electrons. The highest BCUT2D eigenvalue weighted by Gasteiger charge is 2.46. The van der Waals surface area contributed by atoms with Crippen LogP contribution in [0.25, 0.3) is 0 Å². The number of carbonyl (C=O) groups is 2. The van der Waals surface area contributed by atoms with Gasteiger partial charge in [-0.1, -0.05) is 6.08 Å². The number of hydroxylamine groups is 2. The Morgan fingerprint density at radius 2 is 2.45 bits per heavy atom. The van der Waals surface area contributed by atoms with Crippen LogP contribution >= 0.6 is 0 Å². The van der Waals surface area contributed by atoms with Gasteiger partial charge in [-0.3, -0.25) is 10.0 Å². The molecule has 8 nitrogen and oxygen atoms in total. The summed E-state index contributed by atoms with van der Waals surface area (Å²) in [6.07, 6.45) is 4.65. The molecule has 2 bridgehead atoms. The number of urea groups is 1. The predicted molar refractivity (Wildman–Crippen MR) is 65.4 cm³/mol. The average Bonchev–Trinajstić information content (AvgIpc) is 3.01. The Morgan fingerprint density at radius 1 is 1.65 bits per heavy atom. The standard InChI is InChI=1S/C12H14N4O4/c1-7-4-8-6-15(12(18)16(8)19)10(7)11(17)14-5-9-13-2-3-20-9/h2-4,8,10,19H,5-6H2,1H3,(H,14,17)/t8-,10+/m1/s1. The van der Waals surface area contributed by atoms with E-state index in [4.69, 9.17) is 4.42 Å². The van der Waals surface area contributed by atoms with Crippen molar-refractivity contribution in [3.8, 4) is 0 Å². The number of nitrogens with one attached hydrogen (secondary N) is 1. The van der Waals surface area contributed by atoms with Crippen LogP contribution in [0.15, 0.2) is 28.5 Å². The van der Waals surface area contributed by atoms with Gasteiger partial charge in [0.25, 0.3) is 0 Å². The first-order chi connectivity index (χ1) is 9.58. The van der Waals surface area contributed by atoms with Gasteiger partial charge in [0.15, 0.2) is 0 Å². The highest BCUT2D eigenvalue weighted by Crippen LogP contribution is 2.27. The number of oxazole rings is 1. The van der Waals surface area contributed by atoms with Gasteiger partial charge >= 0.3 is 6.03 Å². The van der Waals surface area contributed by atoms with E-state index >= 15 is 0 Å². The Hall–Kier alpha value is -2.35. The van der Waals surface area contributed by atoms with E-state index in [0.29, 0.717) is 17.5 Å². The molecule has 3 heterocycles. The average molecular weight is 278 g/mol. The predicted octanol–water partition coefficient (Wildman–Crippen LogP) is 0.115. The summed E-state index contributed by atoms with van der Waals surface area (Å²) in [7, 11) is 0. The topological polar surface area (TPSA) is 98.9 Å². The molecule has 0 unspecified atom stereocenters. The second-order valence-corrected chi connectivity index (χ2v) is 4.80. The van der Waals surface area contributed by atoms with Crippen LogP contribution in [0.2, 0.25) is 0 Å². The maximum absolute atomic E-state index is 12.2. The molecule has 1 aromatic heterocycles. The van der Waals surface area contributed by atoms with Gasteiger partial charge in [0.2, 0.25) is 11.8 Å². The third kappa shape index (κ3) is 1.94. The molecule has 2 N–H and O–H groups in total. The van der Waals surface area contributed by atoms with Gasteiger partial charge in [-0.2, -0.15) is 5.06 Å². The molecule has 1 fully saturated rings. The molecule has 20 heavy (non-hydrogen) atoms. The largest absolute Gasteiger partial charge is 0.447 e. The number of hydrogen-bond acceptors (Lipinski definition) is 5. The van der Waals surface area contributed by atoms with Crippen molar-refractivity contribution >= 4 is 11.9 Å². The summed E-state index contributed by atoms with van der Waals surface area (Å²) >= 11 is 0. The number of carbonyl (C=O) groups excluding carboxylic acids is 2. The molecule has 2 atom stereocenters. The second kappa shape index (κ2) is 4.64. The summed E-state index contributed by atoms with van der Waals surface area (Å²) in [6, 6.07) is -1.64. The van der Waals surface area contributed by atoms with E-state index in [9.17, 15) is 14.8 Å². The quantitative estimate of drug-likeness (QED) is 0.604. The fourth-order valence-corrected chi connectivity index (χ4v) is 2.56. The number of amides is 3. The Balaban J connectivity index is 1.72. The van der Waals surface area contributed by atoms with Crippen molar-refractivity contribution in [3.05, 3.63) is 30.0 Å². The first-order valence-corrected chi connectivity index (χ1v) is 6.21. The molecule has 3 amide bonds. The van der Waals surface area contributed by atoms with Crippen LogP contribution in [0.5, 0.6) is 0 Å². The molecule has 2 aliphatic heterocycles. The summed E-state index contributed by atoms with van der Waals surface area (Å²) in [5, 5.41) is 12.9. The van der Waals surface area contributed by atoms with Crippen LogP contribution < -0.4 is 5.32 Å². The van der Waals surface area contributed by atoms with E-state index < -0.39 is 12.1 Å². The lowest BCUT2D eigenvalue weighted by Crippen LogP contribution is -2.49. The molecule has 1 saturated heterocycles. The number of nitrogens with zero attached hydrogens (tertiary/aromatic N) is 3. The fraction of sp³-hybridized carbons (Fsp3) is 0.417. The van der Waals surface area contributed by atoms with Crippen LogP contribution in [0.4, 0.5) is 4.79 Å². The van der Waals surface area contributed by atoms with Crippen LogP contribution in [0.3, 0.4) is 0 Å². The normalized spacial score (nSPS) is 24.9. The molecule has 0 aromatic carbocycles. The minimum Gasteiger partial charge on any atom is -0.447 e. The Morgan fingerprint density at radius 3 is 3.15 bits per heavy atom. The summed E-state index contributed by atoms with van der Waals surface area (Å²) < 4.78 is 5.03. The van der Waals surface area contributed by atoms with E-state index in [1.54, 1.807) is 13.0 Å². The molecule has 2 aliphatic rings. The highest BCUT2D eigenvalue weighted by molar-refractivity contribution is 5.91. The van der Waals surface area contributed by atoms with Crippen LogP contribution in [0, 0.1) is 0 Å². The summed E-state index contributed by atoms with van der Waals surface area (Å²) in [5.74, 6) is 0.0734. The number of rotatable bonds is 3. The van der Waals surface area contributed by atoms with Crippen molar-refractivity contribution in [2.45, 2.75) is 25.6 Å². The molecule has 1 aromatic rings. The maximum Gasteiger partial charge on any atom is 0.345 e. The first kappa shape index (κ1) is 12.7. The number of aromatic nitrogens is 1. The fourth-order valence-electron chi connectivity index (χ4n) is 2.56. The third-order valence-electron chi connectivity index (χ3n) is 3.48. The smallest absolute Gasteiger partial charge is 0.345 e. The van der Waals surface area contributed by atoms with Crippen molar-refractivity contribution < 1.29 is 19.2 Å². The molecule has 8 heteroatoms. The second-order valence-electron chi connectivity index (χ2n) is 4.80. The van der Waals surface area contributed by atoms with E-state index in [1.165, 1.54) is 17.4 Å². The third-order valence-corrected chi connectivity index (χ3v) is 3.48. The summed E-state index contributed by atoms with van der Waals surface area (Å²) in [4.78, 5) is 29.3. The SMILES string of the molecule is CC1=C[C@@H]2CN(C(=O)N2O)[C@@H]1C(=O)NCc1ncco1.